The number of methoxy groups -OCH3 is 2. The third kappa shape index (κ3) is 14.5. The van der Waals surface area contributed by atoms with Crippen LogP contribution in [-0.4, -0.2) is 88.8 Å². The van der Waals surface area contributed by atoms with E-state index in [0.29, 0.717) is 54.0 Å². The number of carbonyl (C=O) groups is 3. The zero-order chi connectivity index (χ0) is 35.8. The van der Waals surface area contributed by atoms with Gasteiger partial charge in [-0.15, -0.1) is 0 Å². The maximum atomic E-state index is 14.1. The van der Waals surface area contributed by atoms with Crippen molar-refractivity contribution in [2.45, 2.75) is 83.5 Å². The molecule has 272 valence electrons. The molecule has 0 heterocycles. The number of hydrogen-bond acceptors (Lipinski definition) is 8. The second kappa shape index (κ2) is 20.2. The molecular weight excluding hydrogens is 650 g/mol. The Morgan fingerprint density at radius 3 is 2.41 bits per heavy atom. The lowest BCUT2D eigenvalue weighted by Crippen LogP contribution is -2.46. The van der Waals surface area contributed by atoms with Crippen LogP contribution < -0.4 is 15.4 Å². The molecule has 0 spiro atoms. The Kier molecular flexibility index (Phi) is 16.5. The number of ether oxygens (including phenoxy) is 5. The molecule has 3 rings (SSSR count). The van der Waals surface area contributed by atoms with Gasteiger partial charge in [0, 0.05) is 56.9 Å². The highest BCUT2D eigenvalue weighted by Crippen LogP contribution is 2.32. The van der Waals surface area contributed by atoms with Crippen LogP contribution in [0.4, 0.5) is 9.59 Å². The van der Waals surface area contributed by atoms with Gasteiger partial charge in [-0.05, 0) is 74.6 Å². The van der Waals surface area contributed by atoms with Gasteiger partial charge in [0.05, 0.1) is 20.3 Å². The summed E-state index contributed by atoms with van der Waals surface area (Å²) >= 11 is 6.38. The molecule has 12 heteroatoms. The first kappa shape index (κ1) is 39.9. The predicted octanol–water partition coefficient (Wildman–Crippen LogP) is 7.15. The van der Waals surface area contributed by atoms with Crippen molar-refractivity contribution in [2.75, 3.05) is 54.2 Å². The number of halogens is 1. The maximum absolute atomic E-state index is 14.1. The van der Waals surface area contributed by atoms with E-state index in [9.17, 15) is 14.4 Å². The lowest BCUT2D eigenvalue weighted by molar-refractivity contribution is 0.0274. The SMILES string of the molecule is COCCCOc1cc(C(=O)N[C@@H](CC2CCCCC2)CN(C)C(=O)OC(C)(C)C)cc(C(OCCNC(=O)OC)c2cccc(Cl)c2)c1. The number of nitrogens with zero attached hydrogens (tertiary/aromatic N) is 1. The van der Waals surface area contributed by atoms with Crippen molar-refractivity contribution in [3.05, 3.63) is 64.2 Å². The van der Waals surface area contributed by atoms with Crippen molar-refractivity contribution >= 4 is 29.7 Å². The quantitative estimate of drug-likeness (QED) is 0.167. The Morgan fingerprint density at radius 2 is 1.73 bits per heavy atom. The molecule has 3 amide bonds. The first-order chi connectivity index (χ1) is 23.4. The van der Waals surface area contributed by atoms with Crippen molar-refractivity contribution < 1.29 is 38.1 Å². The first-order valence-electron chi connectivity index (χ1n) is 17.1. The van der Waals surface area contributed by atoms with Crippen molar-refractivity contribution in [3.8, 4) is 5.75 Å². The third-order valence-electron chi connectivity index (χ3n) is 8.13. The molecule has 0 bridgehead atoms. The van der Waals surface area contributed by atoms with Crippen LogP contribution in [-0.2, 0) is 18.9 Å². The fraction of sp³-hybridized carbons (Fsp3) is 0.595. The smallest absolute Gasteiger partial charge is 0.410 e. The summed E-state index contributed by atoms with van der Waals surface area (Å²) < 4.78 is 27.9. The molecule has 1 unspecified atom stereocenters. The molecule has 0 aromatic heterocycles. The van der Waals surface area contributed by atoms with Crippen LogP contribution in [0.1, 0.15) is 93.3 Å². The van der Waals surface area contributed by atoms with E-state index in [1.54, 1.807) is 38.4 Å². The van der Waals surface area contributed by atoms with Gasteiger partial charge in [-0.1, -0.05) is 55.8 Å². The normalized spacial score (nSPS) is 14.8. The number of nitrogens with one attached hydrogen (secondary N) is 2. The van der Waals surface area contributed by atoms with E-state index in [2.05, 4.69) is 15.4 Å². The fourth-order valence-electron chi connectivity index (χ4n) is 5.86. The zero-order valence-corrected chi connectivity index (χ0v) is 30.6. The van der Waals surface area contributed by atoms with E-state index < -0.39 is 23.9 Å². The number of likely N-dealkylation sites (N-methyl/N-ethyl adjacent to an activating group) is 1. The predicted molar refractivity (Wildman–Crippen MR) is 189 cm³/mol. The molecule has 1 aliphatic rings. The van der Waals surface area contributed by atoms with Gasteiger partial charge >= 0.3 is 12.2 Å². The summed E-state index contributed by atoms with van der Waals surface area (Å²) in [5, 5.41) is 6.39. The molecule has 2 aromatic rings. The Hall–Kier alpha value is -3.54. The zero-order valence-electron chi connectivity index (χ0n) is 29.8. The van der Waals surface area contributed by atoms with Gasteiger partial charge in [-0.25, -0.2) is 9.59 Å². The average molecular weight is 704 g/mol. The van der Waals surface area contributed by atoms with E-state index in [1.807, 2.05) is 39.0 Å². The average Bonchev–Trinajstić information content (AvgIpc) is 3.06. The fourth-order valence-corrected chi connectivity index (χ4v) is 6.05. The highest BCUT2D eigenvalue weighted by molar-refractivity contribution is 6.30. The molecule has 1 aliphatic carbocycles. The lowest BCUT2D eigenvalue weighted by atomic mass is 9.84. The molecule has 1 saturated carbocycles. The monoisotopic (exact) mass is 703 g/mol. The third-order valence-corrected chi connectivity index (χ3v) is 8.36. The number of amides is 3. The van der Waals surface area contributed by atoms with E-state index in [4.69, 9.17) is 30.5 Å². The Morgan fingerprint density at radius 1 is 0.980 bits per heavy atom. The molecule has 0 saturated heterocycles. The number of carbonyl (C=O) groups excluding carboxylic acids is 3. The van der Waals surface area contributed by atoms with E-state index >= 15 is 0 Å². The number of alkyl carbamates (subject to hydrolysis) is 1. The van der Waals surface area contributed by atoms with Crippen molar-refractivity contribution in [3.63, 3.8) is 0 Å². The van der Waals surface area contributed by atoms with Gasteiger partial charge in [-0.3, -0.25) is 4.79 Å². The highest BCUT2D eigenvalue weighted by Gasteiger charge is 2.27. The van der Waals surface area contributed by atoms with E-state index in [0.717, 1.165) is 24.8 Å². The summed E-state index contributed by atoms with van der Waals surface area (Å²) in [5.74, 6) is 0.660. The summed E-state index contributed by atoms with van der Waals surface area (Å²) in [6.07, 6.45) is 5.53. The summed E-state index contributed by atoms with van der Waals surface area (Å²) in [4.78, 5) is 40.1. The molecule has 2 N–H and O–H groups in total. The van der Waals surface area contributed by atoms with Crippen LogP contribution in [0.15, 0.2) is 42.5 Å². The second-order valence-electron chi connectivity index (χ2n) is 13.5. The van der Waals surface area contributed by atoms with Crippen LogP contribution in [0.2, 0.25) is 5.02 Å². The standard InChI is InChI=1S/C37H54ClN3O8/c1-37(2,3)49-36(44)41(4)25-31(20-26-12-8-7-9-13-26)40-34(42)29-21-28(23-32(24-29)47-18-11-17-45-5)33(27-14-10-15-30(38)22-27)48-19-16-39-35(43)46-6/h10,14-15,21-24,26,31,33H,7-9,11-13,16-20,25H2,1-6H3,(H,39,43)(H,40,42)/t31-,33?/m0/s1. The van der Waals surface area contributed by atoms with Gasteiger partial charge in [0.25, 0.3) is 5.91 Å². The molecule has 2 aromatic carbocycles. The number of rotatable bonds is 17. The molecule has 0 aliphatic heterocycles. The Bertz CT molecular complexity index is 1350. The number of benzene rings is 2. The second-order valence-corrected chi connectivity index (χ2v) is 13.9. The first-order valence-corrected chi connectivity index (χ1v) is 17.5. The topological polar surface area (TPSA) is 125 Å². The molecule has 1 fully saturated rings. The minimum Gasteiger partial charge on any atom is -0.493 e. The van der Waals surface area contributed by atoms with Crippen LogP contribution in [0.25, 0.3) is 0 Å². The van der Waals surface area contributed by atoms with Crippen LogP contribution >= 0.6 is 11.6 Å². The Labute approximate surface area is 296 Å². The van der Waals surface area contributed by atoms with E-state index in [-0.39, 0.29) is 25.1 Å². The van der Waals surface area contributed by atoms with Gasteiger partial charge in [-0.2, -0.15) is 0 Å². The molecule has 49 heavy (non-hydrogen) atoms. The minimum atomic E-state index is -0.636. The van der Waals surface area contributed by atoms with Crippen LogP contribution in [0.3, 0.4) is 0 Å². The molecular formula is C37H54ClN3O8. The van der Waals surface area contributed by atoms with Crippen LogP contribution in [0.5, 0.6) is 5.75 Å². The maximum Gasteiger partial charge on any atom is 0.410 e. The van der Waals surface area contributed by atoms with Crippen molar-refractivity contribution in [1.29, 1.82) is 0 Å². The van der Waals surface area contributed by atoms with Crippen molar-refractivity contribution in [1.82, 2.24) is 15.5 Å². The highest BCUT2D eigenvalue weighted by atomic mass is 35.5. The summed E-state index contributed by atoms with van der Waals surface area (Å²) in [6.45, 7) is 7.08. The summed E-state index contributed by atoms with van der Waals surface area (Å²) in [5.41, 5.74) is 1.19. The molecule has 0 radical (unpaired) electrons. The van der Waals surface area contributed by atoms with Gasteiger partial charge in [0.15, 0.2) is 0 Å². The number of hydrogen-bond donors (Lipinski definition) is 2. The summed E-state index contributed by atoms with van der Waals surface area (Å²) in [6, 6.07) is 12.3. The van der Waals surface area contributed by atoms with Crippen LogP contribution in [0, 0.1) is 5.92 Å². The largest absolute Gasteiger partial charge is 0.493 e. The van der Waals surface area contributed by atoms with Gasteiger partial charge in [0.1, 0.15) is 17.5 Å². The lowest BCUT2D eigenvalue weighted by Gasteiger charge is -2.31. The minimum absolute atomic E-state index is 0.160. The molecule has 2 atom stereocenters. The van der Waals surface area contributed by atoms with Gasteiger partial charge in [0.2, 0.25) is 0 Å². The molecule has 11 nitrogen and oxygen atoms in total. The van der Waals surface area contributed by atoms with E-state index in [1.165, 1.54) is 31.3 Å². The van der Waals surface area contributed by atoms with Crippen molar-refractivity contribution in [2.24, 2.45) is 5.92 Å². The Balaban J connectivity index is 1.93. The summed E-state index contributed by atoms with van der Waals surface area (Å²) in [7, 11) is 4.63. The van der Waals surface area contributed by atoms with Gasteiger partial charge < -0.3 is 39.2 Å².